The first-order valence-electron chi connectivity index (χ1n) is 5.88. The lowest BCUT2D eigenvalue weighted by Gasteiger charge is -2.25. The molecule has 1 fully saturated rings. The molecule has 0 spiro atoms. The Kier molecular flexibility index (Phi) is 3.61. The predicted octanol–water partition coefficient (Wildman–Crippen LogP) is 2.71. The fourth-order valence-corrected chi connectivity index (χ4v) is 3.88. The van der Waals surface area contributed by atoms with Crippen molar-refractivity contribution in [3.8, 4) is 0 Å². The van der Waals surface area contributed by atoms with E-state index >= 15 is 0 Å². The van der Waals surface area contributed by atoms with Gasteiger partial charge in [0.05, 0.1) is 4.90 Å². The first kappa shape index (κ1) is 14.3. The van der Waals surface area contributed by atoms with Crippen LogP contribution in [-0.2, 0) is 10.0 Å². The van der Waals surface area contributed by atoms with E-state index in [0.717, 1.165) is 5.56 Å². The summed E-state index contributed by atoms with van der Waals surface area (Å²) in [6.07, 6.45) is -4.46. The maximum atomic E-state index is 12.8. The molecule has 106 valence electrons. The minimum Gasteiger partial charge on any atom is -0.207 e. The van der Waals surface area contributed by atoms with E-state index in [0.29, 0.717) is 4.31 Å². The largest absolute Gasteiger partial charge is 0.405 e. The van der Waals surface area contributed by atoms with Crippen LogP contribution in [0.25, 0.3) is 0 Å². The Morgan fingerprint density at radius 3 is 2.32 bits per heavy atom. The molecule has 19 heavy (non-hydrogen) atoms. The molecule has 2 rings (SSSR count). The van der Waals surface area contributed by atoms with Crippen molar-refractivity contribution in [1.82, 2.24) is 4.31 Å². The third kappa shape index (κ3) is 2.76. The summed E-state index contributed by atoms with van der Waals surface area (Å²) in [5, 5.41) is 0. The quantitative estimate of drug-likeness (QED) is 0.840. The average Bonchev–Trinajstić information content (AvgIpc) is 2.78. The SMILES string of the molecule is Cc1ccc(S(=O)(=O)N2CCC[C@H]2C(F)(F)F)cc1. The zero-order valence-electron chi connectivity index (χ0n) is 10.3. The van der Waals surface area contributed by atoms with E-state index in [1.54, 1.807) is 19.1 Å². The molecule has 1 heterocycles. The molecule has 1 saturated heterocycles. The molecule has 3 nitrogen and oxygen atoms in total. The molecule has 0 aromatic heterocycles. The van der Waals surface area contributed by atoms with E-state index in [1.165, 1.54) is 12.1 Å². The van der Waals surface area contributed by atoms with Gasteiger partial charge in [0.25, 0.3) is 0 Å². The van der Waals surface area contributed by atoms with Gasteiger partial charge in [-0.2, -0.15) is 17.5 Å². The summed E-state index contributed by atoms with van der Waals surface area (Å²) in [6.45, 7) is 1.70. The number of hydrogen-bond donors (Lipinski definition) is 0. The van der Waals surface area contributed by atoms with Crippen LogP contribution in [0.2, 0.25) is 0 Å². The van der Waals surface area contributed by atoms with Crippen molar-refractivity contribution >= 4 is 10.0 Å². The van der Waals surface area contributed by atoms with Crippen LogP contribution in [0.3, 0.4) is 0 Å². The van der Waals surface area contributed by atoms with E-state index < -0.39 is 22.2 Å². The van der Waals surface area contributed by atoms with Crippen LogP contribution in [0.4, 0.5) is 13.2 Å². The minimum atomic E-state index is -4.52. The van der Waals surface area contributed by atoms with E-state index in [-0.39, 0.29) is 24.3 Å². The van der Waals surface area contributed by atoms with Crippen LogP contribution in [0.5, 0.6) is 0 Å². The molecule has 1 aromatic carbocycles. The standard InChI is InChI=1S/C12H14F3NO2S/c1-9-4-6-10(7-5-9)19(17,18)16-8-2-3-11(16)12(13,14)15/h4-7,11H,2-3,8H2,1H3/t11-/m0/s1. The fourth-order valence-electron chi connectivity index (χ4n) is 2.20. The number of aryl methyl sites for hydroxylation is 1. The van der Waals surface area contributed by atoms with Gasteiger partial charge in [-0.1, -0.05) is 17.7 Å². The Hall–Kier alpha value is -1.08. The summed E-state index contributed by atoms with van der Waals surface area (Å²) in [5.41, 5.74) is 0.854. The molecule has 1 aromatic rings. The van der Waals surface area contributed by atoms with Crippen LogP contribution in [0.1, 0.15) is 18.4 Å². The lowest BCUT2D eigenvalue weighted by Crippen LogP contribution is -2.44. The number of benzene rings is 1. The first-order valence-corrected chi connectivity index (χ1v) is 7.32. The fraction of sp³-hybridized carbons (Fsp3) is 0.500. The van der Waals surface area contributed by atoms with E-state index in [1.807, 2.05) is 0 Å². The highest BCUT2D eigenvalue weighted by molar-refractivity contribution is 7.89. The van der Waals surface area contributed by atoms with Crippen LogP contribution in [0, 0.1) is 6.92 Å². The average molecular weight is 293 g/mol. The summed E-state index contributed by atoms with van der Waals surface area (Å²) in [6, 6.07) is 3.93. The summed E-state index contributed by atoms with van der Waals surface area (Å²) in [7, 11) is -4.07. The number of sulfonamides is 1. The molecule has 0 radical (unpaired) electrons. The van der Waals surface area contributed by atoms with Crippen LogP contribution < -0.4 is 0 Å². The third-order valence-electron chi connectivity index (χ3n) is 3.21. The van der Waals surface area contributed by atoms with E-state index in [9.17, 15) is 21.6 Å². The van der Waals surface area contributed by atoms with Crippen molar-refractivity contribution in [2.45, 2.75) is 36.9 Å². The molecule has 1 aliphatic heterocycles. The van der Waals surface area contributed by atoms with E-state index in [4.69, 9.17) is 0 Å². The van der Waals surface area contributed by atoms with Crippen LogP contribution in [-0.4, -0.2) is 31.5 Å². The van der Waals surface area contributed by atoms with Gasteiger partial charge in [-0.15, -0.1) is 0 Å². The Bertz CT molecular complexity index is 551. The maximum absolute atomic E-state index is 12.8. The molecular weight excluding hydrogens is 279 g/mol. The second-order valence-electron chi connectivity index (χ2n) is 4.63. The van der Waals surface area contributed by atoms with E-state index in [2.05, 4.69) is 0 Å². The minimum absolute atomic E-state index is 0.0829. The summed E-state index contributed by atoms with van der Waals surface area (Å²) in [5.74, 6) is 0. The van der Waals surface area contributed by atoms with Gasteiger partial charge < -0.3 is 0 Å². The normalized spacial score (nSPS) is 21.8. The first-order chi connectivity index (χ1) is 8.73. The molecule has 0 bridgehead atoms. The number of rotatable bonds is 2. The van der Waals surface area contributed by atoms with Crippen LogP contribution >= 0.6 is 0 Å². The monoisotopic (exact) mass is 293 g/mol. The number of hydrogen-bond acceptors (Lipinski definition) is 2. The number of alkyl halides is 3. The zero-order chi connectivity index (χ0) is 14.3. The Balaban J connectivity index is 2.37. The van der Waals surface area contributed by atoms with Crippen molar-refractivity contribution in [3.63, 3.8) is 0 Å². The zero-order valence-corrected chi connectivity index (χ0v) is 11.1. The number of nitrogens with zero attached hydrogens (tertiary/aromatic N) is 1. The van der Waals surface area contributed by atoms with Gasteiger partial charge in [-0.25, -0.2) is 8.42 Å². The topological polar surface area (TPSA) is 37.4 Å². The van der Waals surface area contributed by atoms with Crippen LogP contribution in [0.15, 0.2) is 29.2 Å². The molecule has 0 unspecified atom stereocenters. The van der Waals surface area contributed by atoms with Gasteiger partial charge in [0.2, 0.25) is 10.0 Å². The lowest BCUT2D eigenvalue weighted by molar-refractivity contribution is -0.165. The maximum Gasteiger partial charge on any atom is 0.405 e. The smallest absolute Gasteiger partial charge is 0.207 e. The second-order valence-corrected chi connectivity index (χ2v) is 6.52. The highest BCUT2D eigenvalue weighted by Gasteiger charge is 2.50. The van der Waals surface area contributed by atoms with Gasteiger partial charge in [0, 0.05) is 6.54 Å². The lowest BCUT2D eigenvalue weighted by atomic mass is 10.2. The highest BCUT2D eigenvalue weighted by Crippen LogP contribution is 2.36. The Labute approximate surface area is 110 Å². The molecular formula is C12H14F3NO2S. The van der Waals surface area contributed by atoms with Gasteiger partial charge in [-0.3, -0.25) is 0 Å². The predicted molar refractivity (Wildman–Crippen MR) is 64.1 cm³/mol. The van der Waals surface area contributed by atoms with Crippen molar-refractivity contribution in [1.29, 1.82) is 0 Å². The van der Waals surface area contributed by atoms with Crippen molar-refractivity contribution < 1.29 is 21.6 Å². The molecule has 1 atom stereocenters. The molecule has 1 aliphatic rings. The molecule has 0 saturated carbocycles. The van der Waals surface area contributed by atoms with Crippen molar-refractivity contribution in [2.75, 3.05) is 6.54 Å². The van der Waals surface area contributed by atoms with Crippen molar-refractivity contribution in [3.05, 3.63) is 29.8 Å². The van der Waals surface area contributed by atoms with Gasteiger partial charge in [-0.05, 0) is 31.9 Å². The molecule has 7 heteroatoms. The van der Waals surface area contributed by atoms with Gasteiger partial charge in [0.15, 0.2) is 0 Å². The molecule has 0 N–H and O–H groups in total. The van der Waals surface area contributed by atoms with Crippen molar-refractivity contribution in [2.24, 2.45) is 0 Å². The Morgan fingerprint density at radius 1 is 1.21 bits per heavy atom. The summed E-state index contributed by atoms with van der Waals surface area (Å²) >= 11 is 0. The van der Waals surface area contributed by atoms with Gasteiger partial charge >= 0.3 is 6.18 Å². The third-order valence-corrected chi connectivity index (χ3v) is 5.13. The molecule has 0 aliphatic carbocycles. The Morgan fingerprint density at radius 2 is 1.79 bits per heavy atom. The highest BCUT2D eigenvalue weighted by atomic mass is 32.2. The summed E-state index contributed by atoms with van der Waals surface area (Å²) in [4.78, 5) is -0.0887. The number of halogens is 3. The molecule has 0 amide bonds. The van der Waals surface area contributed by atoms with Gasteiger partial charge in [0.1, 0.15) is 6.04 Å². The summed E-state index contributed by atoms with van der Waals surface area (Å²) < 4.78 is 63.5. The second kappa shape index (κ2) is 4.79.